The summed E-state index contributed by atoms with van der Waals surface area (Å²) in [4.78, 5) is 16.8. The third kappa shape index (κ3) is 2.44. The molecule has 10 heavy (non-hydrogen) atoms. The maximum atomic E-state index is 10.4. The second-order valence-corrected chi connectivity index (χ2v) is 1.52. The summed E-state index contributed by atoms with van der Waals surface area (Å²) in [5.74, 6) is 0.0162. The zero-order valence-corrected chi connectivity index (χ0v) is 6.51. The van der Waals surface area contributed by atoms with Gasteiger partial charge in [-0.2, -0.15) is 0 Å². The quantitative estimate of drug-likeness (QED) is 0.603. The van der Waals surface area contributed by atoms with Gasteiger partial charge in [-0.15, -0.1) is 0 Å². The van der Waals surface area contributed by atoms with Crippen LogP contribution < -0.4 is 0 Å². The molecule has 0 radical (unpaired) electrons. The largest absolute Gasteiger partial charge is 0.342 e. The van der Waals surface area contributed by atoms with Crippen molar-refractivity contribution in [2.45, 2.75) is 20.8 Å². The van der Waals surface area contributed by atoms with E-state index in [1.165, 1.54) is 19.4 Å². The first kappa shape index (κ1) is 8.88. The molecule has 0 amide bonds. The number of nitrogens with one attached hydrogen (secondary N) is 1. The number of ketones is 1. The highest BCUT2D eigenvalue weighted by molar-refractivity contribution is 5.91. The number of carbonyl (C=O) groups excluding carboxylic acids is 1. The number of hydrogen-bond acceptors (Lipinski definition) is 2. The average molecular weight is 140 g/mol. The number of hydrogen-bond donors (Lipinski definition) is 1. The fraction of sp³-hybridized carbons (Fsp3) is 0.429. The molecule has 0 atom stereocenters. The van der Waals surface area contributed by atoms with Crippen molar-refractivity contribution in [3.05, 3.63) is 18.2 Å². The van der Waals surface area contributed by atoms with Crippen molar-refractivity contribution in [3.8, 4) is 0 Å². The molecule has 0 aliphatic heterocycles. The van der Waals surface area contributed by atoms with E-state index in [9.17, 15) is 4.79 Å². The Hall–Kier alpha value is -1.12. The number of carbonyl (C=O) groups is 1. The Morgan fingerprint density at radius 1 is 1.60 bits per heavy atom. The maximum Gasteiger partial charge on any atom is 0.177 e. The van der Waals surface area contributed by atoms with Crippen LogP contribution in [0.3, 0.4) is 0 Å². The molecule has 1 rings (SSSR count). The summed E-state index contributed by atoms with van der Waals surface area (Å²) in [5, 5.41) is 0. The number of rotatable bonds is 1. The van der Waals surface area contributed by atoms with Gasteiger partial charge in [0.2, 0.25) is 0 Å². The van der Waals surface area contributed by atoms with E-state index in [0.29, 0.717) is 5.69 Å². The van der Waals surface area contributed by atoms with Crippen LogP contribution in [0.25, 0.3) is 0 Å². The van der Waals surface area contributed by atoms with Crippen LogP contribution in [-0.2, 0) is 0 Å². The molecule has 56 valence electrons. The first-order chi connectivity index (χ1) is 4.80. The van der Waals surface area contributed by atoms with Crippen LogP contribution in [0.5, 0.6) is 0 Å². The van der Waals surface area contributed by atoms with Gasteiger partial charge in [-0.3, -0.25) is 4.79 Å². The summed E-state index contributed by atoms with van der Waals surface area (Å²) in [6, 6.07) is 0. The second kappa shape index (κ2) is 4.73. The average Bonchev–Trinajstić information content (AvgIpc) is 2.42. The Balaban J connectivity index is 0.000000371. The molecule has 0 bridgehead atoms. The summed E-state index contributed by atoms with van der Waals surface area (Å²) >= 11 is 0. The normalized spacial score (nSPS) is 7.90. The van der Waals surface area contributed by atoms with Crippen molar-refractivity contribution in [3.63, 3.8) is 0 Å². The third-order valence-electron chi connectivity index (χ3n) is 0.878. The van der Waals surface area contributed by atoms with Gasteiger partial charge >= 0.3 is 0 Å². The fourth-order valence-electron chi connectivity index (χ4n) is 0.448. The summed E-state index contributed by atoms with van der Waals surface area (Å²) in [6.45, 7) is 5.49. The number of Topliss-reactive ketones (excluding diaryl/α,β-unsaturated/α-hetero) is 1. The molecular formula is C7H12N2O. The molecule has 3 nitrogen and oxygen atoms in total. The standard InChI is InChI=1S/C5H6N2O.C2H6/c1-4(8)5-2-6-3-7-5;1-2/h2-3H,1H3,(H,6,7);1-2H3. The van der Waals surface area contributed by atoms with Crippen LogP contribution in [0.2, 0.25) is 0 Å². The van der Waals surface area contributed by atoms with Gasteiger partial charge in [-0.25, -0.2) is 4.98 Å². The van der Waals surface area contributed by atoms with E-state index < -0.39 is 0 Å². The third-order valence-corrected chi connectivity index (χ3v) is 0.878. The lowest BCUT2D eigenvalue weighted by atomic mass is 10.3. The molecule has 0 saturated carbocycles. The minimum Gasteiger partial charge on any atom is -0.342 e. The molecule has 0 aromatic carbocycles. The Morgan fingerprint density at radius 2 is 2.20 bits per heavy atom. The SMILES string of the molecule is CC.CC(=O)c1cnc[nH]1. The number of nitrogens with zero attached hydrogens (tertiary/aromatic N) is 1. The van der Waals surface area contributed by atoms with E-state index in [2.05, 4.69) is 9.97 Å². The molecule has 3 heteroatoms. The molecule has 0 fully saturated rings. The topological polar surface area (TPSA) is 45.8 Å². The molecule has 1 N–H and O–H groups in total. The Morgan fingerprint density at radius 3 is 2.40 bits per heavy atom. The highest BCUT2D eigenvalue weighted by Crippen LogP contribution is 1.89. The Kier molecular flexibility index (Phi) is 4.20. The highest BCUT2D eigenvalue weighted by atomic mass is 16.1. The van der Waals surface area contributed by atoms with E-state index in [0.717, 1.165) is 0 Å². The van der Waals surface area contributed by atoms with Gasteiger partial charge in [0.1, 0.15) is 5.69 Å². The van der Waals surface area contributed by atoms with Gasteiger partial charge in [0.25, 0.3) is 0 Å². The van der Waals surface area contributed by atoms with Gasteiger partial charge in [0.05, 0.1) is 12.5 Å². The van der Waals surface area contributed by atoms with Crippen LogP contribution >= 0.6 is 0 Å². The van der Waals surface area contributed by atoms with Gasteiger partial charge in [-0.05, 0) is 0 Å². The smallest absolute Gasteiger partial charge is 0.177 e. The van der Waals surface area contributed by atoms with E-state index in [-0.39, 0.29) is 5.78 Å². The van der Waals surface area contributed by atoms with Gasteiger partial charge in [0, 0.05) is 6.92 Å². The van der Waals surface area contributed by atoms with Crippen LogP contribution in [0.4, 0.5) is 0 Å². The lowest BCUT2D eigenvalue weighted by molar-refractivity contribution is 0.101. The van der Waals surface area contributed by atoms with Crippen LogP contribution in [0, 0.1) is 0 Å². The predicted octanol–water partition coefficient (Wildman–Crippen LogP) is 1.64. The Labute approximate surface area is 60.5 Å². The molecule has 0 aliphatic carbocycles. The van der Waals surface area contributed by atoms with Crippen molar-refractivity contribution in [2.75, 3.05) is 0 Å². The second-order valence-electron chi connectivity index (χ2n) is 1.52. The van der Waals surface area contributed by atoms with Crippen LogP contribution in [0.1, 0.15) is 31.3 Å². The molecule has 0 spiro atoms. The van der Waals surface area contributed by atoms with E-state index in [4.69, 9.17) is 0 Å². The van der Waals surface area contributed by atoms with Crippen LogP contribution in [0.15, 0.2) is 12.5 Å². The predicted molar refractivity (Wildman–Crippen MR) is 39.9 cm³/mol. The number of imidazole rings is 1. The monoisotopic (exact) mass is 140 g/mol. The highest BCUT2D eigenvalue weighted by Gasteiger charge is 1.95. The van der Waals surface area contributed by atoms with Gasteiger partial charge in [-0.1, -0.05) is 13.8 Å². The summed E-state index contributed by atoms with van der Waals surface area (Å²) in [7, 11) is 0. The molecule has 1 aromatic rings. The molecule has 1 aromatic heterocycles. The lowest BCUT2D eigenvalue weighted by Crippen LogP contribution is -1.89. The summed E-state index contributed by atoms with van der Waals surface area (Å²) < 4.78 is 0. The van der Waals surface area contributed by atoms with Crippen molar-refractivity contribution in [1.82, 2.24) is 9.97 Å². The lowest BCUT2D eigenvalue weighted by Gasteiger charge is -1.80. The molecule has 0 unspecified atom stereocenters. The summed E-state index contributed by atoms with van der Waals surface area (Å²) in [6.07, 6.45) is 2.99. The van der Waals surface area contributed by atoms with E-state index >= 15 is 0 Å². The zero-order valence-electron chi connectivity index (χ0n) is 6.51. The summed E-state index contributed by atoms with van der Waals surface area (Å²) in [5.41, 5.74) is 0.560. The molecule has 1 heterocycles. The zero-order chi connectivity index (χ0) is 7.98. The fourth-order valence-corrected chi connectivity index (χ4v) is 0.448. The van der Waals surface area contributed by atoms with Crippen molar-refractivity contribution in [2.24, 2.45) is 0 Å². The molecular weight excluding hydrogens is 128 g/mol. The first-order valence-corrected chi connectivity index (χ1v) is 3.30. The van der Waals surface area contributed by atoms with Crippen molar-refractivity contribution in [1.29, 1.82) is 0 Å². The van der Waals surface area contributed by atoms with Crippen LogP contribution in [-0.4, -0.2) is 15.8 Å². The number of aromatic nitrogens is 2. The molecule has 0 saturated heterocycles. The van der Waals surface area contributed by atoms with Crippen molar-refractivity contribution < 1.29 is 4.79 Å². The minimum absolute atomic E-state index is 0.0162. The molecule has 0 aliphatic rings. The number of aromatic amines is 1. The first-order valence-electron chi connectivity index (χ1n) is 3.30. The Bertz CT molecular complexity index is 179. The van der Waals surface area contributed by atoms with E-state index in [1.54, 1.807) is 0 Å². The van der Waals surface area contributed by atoms with Crippen molar-refractivity contribution >= 4 is 5.78 Å². The van der Waals surface area contributed by atoms with E-state index in [1.807, 2.05) is 13.8 Å². The number of H-pyrrole nitrogens is 1. The minimum atomic E-state index is 0.0162. The van der Waals surface area contributed by atoms with Gasteiger partial charge in [0.15, 0.2) is 5.78 Å². The maximum absolute atomic E-state index is 10.4. The van der Waals surface area contributed by atoms with Gasteiger partial charge < -0.3 is 4.98 Å².